The van der Waals surface area contributed by atoms with E-state index in [-0.39, 0.29) is 5.41 Å². The second-order valence-corrected chi connectivity index (χ2v) is 7.81. The van der Waals surface area contributed by atoms with Gasteiger partial charge in [-0.1, -0.05) is 80.6 Å². The first kappa shape index (κ1) is 17.1. The van der Waals surface area contributed by atoms with E-state index in [4.69, 9.17) is 9.68 Å². The van der Waals surface area contributed by atoms with E-state index in [1.54, 1.807) is 0 Å². The Hall–Kier alpha value is -3.04. The van der Waals surface area contributed by atoms with Crippen molar-refractivity contribution in [3.63, 3.8) is 0 Å². The van der Waals surface area contributed by atoms with Gasteiger partial charge in [0, 0.05) is 10.8 Å². The Morgan fingerprint density at radius 3 is 2.21 bits per heavy atom. The average Bonchev–Trinajstić information content (AvgIpc) is 2.96. The first-order valence-corrected chi connectivity index (χ1v) is 9.50. The van der Waals surface area contributed by atoms with E-state index >= 15 is 0 Å². The van der Waals surface area contributed by atoms with Crippen molar-refractivity contribution in [2.75, 3.05) is 0 Å². The number of hydrogen-bond donors (Lipinski definition) is 1. The molecule has 0 fully saturated rings. The van der Waals surface area contributed by atoms with Gasteiger partial charge in [0.25, 0.3) is 0 Å². The SMILES string of the molecule is CC1(C)c2ccccc2-c2ccc(-c3ccc(O[B]O)c4ccccc34)cc21. The van der Waals surface area contributed by atoms with E-state index in [0.717, 1.165) is 24.0 Å². The highest BCUT2D eigenvalue weighted by molar-refractivity contribution is 6.18. The lowest BCUT2D eigenvalue weighted by Gasteiger charge is -2.22. The molecule has 0 bridgehead atoms. The van der Waals surface area contributed by atoms with Crippen LogP contribution in [0.3, 0.4) is 0 Å². The van der Waals surface area contributed by atoms with Crippen molar-refractivity contribution in [3.05, 3.63) is 90.0 Å². The molecule has 3 heteroatoms. The molecular formula is C25H20BO2. The molecule has 2 nitrogen and oxygen atoms in total. The summed E-state index contributed by atoms with van der Waals surface area (Å²) in [6.45, 7) is 4.60. The van der Waals surface area contributed by atoms with E-state index in [1.165, 1.54) is 27.8 Å². The Bertz CT molecular complexity index is 1210. The van der Waals surface area contributed by atoms with Gasteiger partial charge in [-0.25, -0.2) is 0 Å². The van der Waals surface area contributed by atoms with Crippen LogP contribution in [0.15, 0.2) is 78.9 Å². The Kier molecular flexibility index (Phi) is 3.82. The smallest absolute Gasteiger partial charge is 0.537 e. The zero-order valence-electron chi connectivity index (χ0n) is 15.9. The fraction of sp³-hybridized carbons (Fsp3) is 0.120. The first-order chi connectivity index (χ1) is 13.6. The molecule has 0 saturated carbocycles. The summed E-state index contributed by atoms with van der Waals surface area (Å²) in [4.78, 5) is 0. The van der Waals surface area contributed by atoms with E-state index in [9.17, 15) is 0 Å². The van der Waals surface area contributed by atoms with Gasteiger partial charge in [-0.05, 0) is 50.9 Å². The first-order valence-electron chi connectivity index (χ1n) is 9.50. The topological polar surface area (TPSA) is 29.5 Å². The van der Waals surface area contributed by atoms with Crippen molar-refractivity contribution in [1.29, 1.82) is 0 Å². The third-order valence-electron chi connectivity index (χ3n) is 5.96. The molecule has 0 amide bonds. The van der Waals surface area contributed by atoms with E-state index in [2.05, 4.69) is 68.4 Å². The van der Waals surface area contributed by atoms with Crippen LogP contribution in [0.25, 0.3) is 33.0 Å². The Balaban J connectivity index is 1.72. The van der Waals surface area contributed by atoms with Crippen LogP contribution in [-0.4, -0.2) is 12.7 Å². The van der Waals surface area contributed by atoms with Gasteiger partial charge in [-0.15, -0.1) is 0 Å². The summed E-state index contributed by atoms with van der Waals surface area (Å²) in [6.07, 6.45) is 0. The molecule has 1 aliphatic carbocycles. The highest BCUT2D eigenvalue weighted by Crippen LogP contribution is 2.49. The molecule has 4 aromatic rings. The van der Waals surface area contributed by atoms with Crippen molar-refractivity contribution in [2.24, 2.45) is 0 Å². The molecule has 1 N–H and O–H groups in total. The van der Waals surface area contributed by atoms with E-state index in [1.807, 2.05) is 24.3 Å². The standard InChI is InChI=1S/C25H20BO2/c1-25(2)22-10-6-5-8-19(22)20-12-11-16(15-23(20)25)17-13-14-24(28-26-27)21-9-4-3-7-18(17)21/h3-15,27H,1-2H3. The molecule has 0 aromatic heterocycles. The third-order valence-corrected chi connectivity index (χ3v) is 5.96. The summed E-state index contributed by atoms with van der Waals surface area (Å²) in [5.74, 6) is 0.649. The second kappa shape index (κ2) is 6.25. The predicted octanol–water partition coefficient (Wildman–Crippen LogP) is 5.72. The summed E-state index contributed by atoms with van der Waals surface area (Å²) in [7, 11) is 0.733. The molecule has 135 valence electrons. The van der Waals surface area contributed by atoms with Crippen LogP contribution in [-0.2, 0) is 5.41 Å². The summed E-state index contributed by atoms with van der Waals surface area (Å²) in [5, 5.41) is 11.2. The normalized spacial score (nSPS) is 13.8. The molecule has 0 spiro atoms. The quantitative estimate of drug-likeness (QED) is 0.472. The van der Waals surface area contributed by atoms with Gasteiger partial charge >= 0.3 is 7.69 Å². The van der Waals surface area contributed by atoms with Crippen LogP contribution in [0.2, 0.25) is 0 Å². The van der Waals surface area contributed by atoms with Crippen LogP contribution in [0.5, 0.6) is 5.75 Å². The molecule has 1 radical (unpaired) electrons. The Labute approximate surface area is 165 Å². The van der Waals surface area contributed by atoms with Gasteiger partial charge in [0.1, 0.15) is 5.75 Å². The molecule has 0 heterocycles. The van der Waals surface area contributed by atoms with Gasteiger partial charge in [-0.2, -0.15) is 0 Å². The summed E-state index contributed by atoms with van der Waals surface area (Å²) < 4.78 is 5.29. The van der Waals surface area contributed by atoms with Gasteiger partial charge < -0.3 is 9.68 Å². The van der Waals surface area contributed by atoms with Crippen LogP contribution in [0.1, 0.15) is 25.0 Å². The largest absolute Gasteiger partial charge is 0.569 e. The van der Waals surface area contributed by atoms with E-state index in [0.29, 0.717) is 5.75 Å². The molecule has 1 aliphatic rings. The lowest BCUT2D eigenvalue weighted by Crippen LogP contribution is -2.14. The Morgan fingerprint density at radius 2 is 1.39 bits per heavy atom. The van der Waals surface area contributed by atoms with Gasteiger partial charge in [0.05, 0.1) is 0 Å². The molecule has 0 saturated heterocycles. The van der Waals surface area contributed by atoms with Crippen molar-refractivity contribution >= 4 is 18.5 Å². The summed E-state index contributed by atoms with van der Waals surface area (Å²) >= 11 is 0. The minimum absolute atomic E-state index is 0.0212. The predicted molar refractivity (Wildman–Crippen MR) is 116 cm³/mol. The maximum Gasteiger partial charge on any atom is 0.569 e. The average molecular weight is 363 g/mol. The van der Waals surface area contributed by atoms with Crippen molar-refractivity contribution in [2.45, 2.75) is 19.3 Å². The van der Waals surface area contributed by atoms with Crippen molar-refractivity contribution in [1.82, 2.24) is 0 Å². The summed E-state index contributed by atoms with van der Waals surface area (Å²) in [6, 6.07) is 27.6. The van der Waals surface area contributed by atoms with Crippen LogP contribution < -0.4 is 4.65 Å². The zero-order chi connectivity index (χ0) is 19.3. The highest BCUT2D eigenvalue weighted by Gasteiger charge is 2.35. The maximum atomic E-state index is 9.07. The fourth-order valence-corrected chi connectivity index (χ4v) is 4.55. The molecule has 0 atom stereocenters. The second-order valence-electron chi connectivity index (χ2n) is 7.81. The van der Waals surface area contributed by atoms with E-state index < -0.39 is 0 Å². The molecule has 5 rings (SSSR count). The van der Waals surface area contributed by atoms with Crippen molar-refractivity contribution < 1.29 is 9.68 Å². The third kappa shape index (κ3) is 2.40. The van der Waals surface area contributed by atoms with Crippen molar-refractivity contribution in [3.8, 4) is 28.0 Å². The fourth-order valence-electron chi connectivity index (χ4n) is 4.55. The number of hydrogen-bond acceptors (Lipinski definition) is 2. The van der Waals surface area contributed by atoms with Gasteiger partial charge in [0.2, 0.25) is 0 Å². The highest BCUT2D eigenvalue weighted by atomic mass is 16.5. The maximum absolute atomic E-state index is 9.07. The molecule has 4 aromatic carbocycles. The number of fused-ring (bicyclic) bond motifs is 4. The Morgan fingerprint density at radius 1 is 0.714 bits per heavy atom. The number of rotatable bonds is 3. The minimum atomic E-state index is -0.0212. The lowest BCUT2D eigenvalue weighted by molar-refractivity contribution is 0.457. The number of benzene rings is 4. The molecule has 28 heavy (non-hydrogen) atoms. The molecule has 0 aliphatic heterocycles. The minimum Gasteiger partial charge on any atom is -0.537 e. The van der Waals surface area contributed by atoms with Crippen LogP contribution in [0.4, 0.5) is 0 Å². The monoisotopic (exact) mass is 363 g/mol. The molecular weight excluding hydrogens is 343 g/mol. The molecule has 0 unspecified atom stereocenters. The van der Waals surface area contributed by atoms with Crippen LogP contribution >= 0.6 is 0 Å². The lowest BCUT2D eigenvalue weighted by atomic mass is 9.81. The zero-order valence-corrected chi connectivity index (χ0v) is 15.9. The van der Waals surface area contributed by atoms with Gasteiger partial charge in [0.15, 0.2) is 0 Å². The summed E-state index contributed by atoms with van der Waals surface area (Å²) in [5.41, 5.74) is 7.73. The van der Waals surface area contributed by atoms with Gasteiger partial charge in [-0.3, -0.25) is 0 Å². The van der Waals surface area contributed by atoms with Crippen LogP contribution in [0, 0.1) is 0 Å².